The van der Waals surface area contributed by atoms with E-state index in [1.54, 1.807) is 31.2 Å². The predicted octanol–water partition coefficient (Wildman–Crippen LogP) is 4.23. The Morgan fingerprint density at radius 1 is 1.28 bits per heavy atom. The lowest BCUT2D eigenvalue weighted by Gasteiger charge is -2.18. The highest BCUT2D eigenvalue weighted by Gasteiger charge is 2.33. The van der Waals surface area contributed by atoms with Crippen LogP contribution in [0, 0.1) is 6.92 Å². The van der Waals surface area contributed by atoms with E-state index < -0.39 is 11.7 Å². The van der Waals surface area contributed by atoms with Gasteiger partial charge in [-0.1, -0.05) is 30.4 Å². The van der Waals surface area contributed by atoms with Gasteiger partial charge in [0, 0.05) is 5.92 Å². The maximum absolute atomic E-state index is 12.4. The number of phenolic OH excluding ortho intramolecular Hbond substituents is 1. The van der Waals surface area contributed by atoms with Crippen LogP contribution in [0.3, 0.4) is 0 Å². The molecule has 0 saturated heterocycles. The number of aryl methyl sites for hydroxylation is 1. The lowest BCUT2D eigenvalue weighted by atomic mass is 9.89. The molecule has 1 aromatic rings. The van der Waals surface area contributed by atoms with Crippen LogP contribution in [0.15, 0.2) is 42.0 Å². The summed E-state index contributed by atoms with van der Waals surface area (Å²) in [4.78, 5) is 0. The molecule has 1 nitrogen and oxygen atoms in total. The first kappa shape index (κ1) is 12.7. The normalized spacial score (nSPS) is 19.8. The van der Waals surface area contributed by atoms with E-state index in [4.69, 9.17) is 0 Å². The van der Waals surface area contributed by atoms with Crippen LogP contribution in [0.25, 0.3) is 0 Å². The Labute approximate surface area is 103 Å². The highest BCUT2D eigenvalue weighted by atomic mass is 19.4. The fourth-order valence-corrected chi connectivity index (χ4v) is 1.99. The van der Waals surface area contributed by atoms with Gasteiger partial charge in [-0.25, -0.2) is 0 Å². The summed E-state index contributed by atoms with van der Waals surface area (Å²) in [6, 6.07) is 5.11. The van der Waals surface area contributed by atoms with Crippen LogP contribution in [-0.2, 0) is 0 Å². The number of hydrogen-bond donors (Lipinski definition) is 1. The van der Waals surface area contributed by atoms with Crippen molar-refractivity contribution in [2.45, 2.75) is 25.4 Å². The van der Waals surface area contributed by atoms with Crippen molar-refractivity contribution in [3.63, 3.8) is 0 Å². The Kier molecular flexibility index (Phi) is 3.20. The predicted molar refractivity (Wildman–Crippen MR) is 63.5 cm³/mol. The minimum absolute atomic E-state index is 0.0598. The van der Waals surface area contributed by atoms with E-state index in [2.05, 4.69) is 0 Å². The largest absolute Gasteiger partial charge is 0.508 e. The van der Waals surface area contributed by atoms with Gasteiger partial charge in [0.15, 0.2) is 0 Å². The second-order valence-electron chi connectivity index (χ2n) is 4.40. The second kappa shape index (κ2) is 4.52. The molecule has 0 heterocycles. The third-order valence-corrected chi connectivity index (χ3v) is 3.08. The van der Waals surface area contributed by atoms with Gasteiger partial charge in [0.1, 0.15) is 5.75 Å². The van der Waals surface area contributed by atoms with Crippen molar-refractivity contribution in [2.75, 3.05) is 0 Å². The average molecular weight is 254 g/mol. The smallest absolute Gasteiger partial charge is 0.416 e. The molecule has 1 atom stereocenters. The fourth-order valence-electron chi connectivity index (χ4n) is 1.99. The first-order valence-electron chi connectivity index (χ1n) is 5.63. The van der Waals surface area contributed by atoms with Gasteiger partial charge in [0.05, 0.1) is 5.57 Å². The number of phenols is 1. The molecule has 18 heavy (non-hydrogen) atoms. The van der Waals surface area contributed by atoms with Crippen molar-refractivity contribution in [3.8, 4) is 5.75 Å². The number of allylic oxidation sites excluding steroid dienone is 4. The number of aromatic hydroxyl groups is 1. The molecule has 0 amide bonds. The number of rotatable bonds is 1. The van der Waals surface area contributed by atoms with Crippen molar-refractivity contribution in [1.82, 2.24) is 0 Å². The van der Waals surface area contributed by atoms with E-state index in [1.165, 1.54) is 6.08 Å². The van der Waals surface area contributed by atoms with Gasteiger partial charge in [-0.15, -0.1) is 0 Å². The van der Waals surface area contributed by atoms with Gasteiger partial charge in [-0.3, -0.25) is 0 Å². The number of halogens is 3. The molecule has 96 valence electrons. The molecule has 0 radical (unpaired) electrons. The topological polar surface area (TPSA) is 20.2 Å². The first-order valence-corrected chi connectivity index (χ1v) is 5.63. The molecule has 1 unspecified atom stereocenters. The van der Waals surface area contributed by atoms with Crippen LogP contribution in [0.5, 0.6) is 5.75 Å². The molecule has 2 rings (SSSR count). The zero-order valence-electron chi connectivity index (χ0n) is 9.83. The molecule has 4 heteroatoms. The van der Waals surface area contributed by atoms with Crippen molar-refractivity contribution in [2.24, 2.45) is 0 Å². The molecule has 1 aromatic carbocycles. The summed E-state index contributed by atoms with van der Waals surface area (Å²) >= 11 is 0. The fraction of sp³-hybridized carbons (Fsp3) is 0.286. The number of benzene rings is 1. The molecule has 1 N–H and O–H groups in total. The van der Waals surface area contributed by atoms with Crippen LogP contribution in [-0.4, -0.2) is 11.3 Å². The Morgan fingerprint density at radius 3 is 2.50 bits per heavy atom. The molecule has 0 bridgehead atoms. The third-order valence-electron chi connectivity index (χ3n) is 3.08. The van der Waals surface area contributed by atoms with Crippen molar-refractivity contribution in [3.05, 3.63) is 53.1 Å². The van der Waals surface area contributed by atoms with Gasteiger partial charge in [0.2, 0.25) is 0 Å². The summed E-state index contributed by atoms with van der Waals surface area (Å²) in [5.74, 6) is 0.139. The molecule has 1 aliphatic rings. The second-order valence-corrected chi connectivity index (χ2v) is 4.40. The molecular formula is C14H13F3O. The SMILES string of the molecule is Cc1cc(C2C=CC(C(F)(F)F)=CC2)ccc1O. The van der Waals surface area contributed by atoms with Crippen LogP contribution < -0.4 is 0 Å². The summed E-state index contributed by atoms with van der Waals surface area (Å²) in [5, 5.41) is 9.41. The standard InChI is InChI=1S/C14H13F3O/c1-9-8-11(4-7-13(9)18)10-2-5-12(6-3-10)14(15,16)17/h2,4-8,10,18H,3H2,1H3. The Morgan fingerprint density at radius 2 is 2.00 bits per heavy atom. The maximum atomic E-state index is 12.4. The first-order chi connectivity index (χ1) is 8.38. The van der Waals surface area contributed by atoms with Crippen molar-refractivity contribution in [1.29, 1.82) is 0 Å². The Balaban J connectivity index is 2.18. The van der Waals surface area contributed by atoms with E-state index in [0.29, 0.717) is 6.42 Å². The molecular weight excluding hydrogens is 241 g/mol. The zero-order valence-corrected chi connectivity index (χ0v) is 9.83. The van der Waals surface area contributed by atoms with Gasteiger partial charge in [-0.2, -0.15) is 13.2 Å². The Bertz CT molecular complexity index is 512. The van der Waals surface area contributed by atoms with E-state index in [9.17, 15) is 18.3 Å². The third kappa shape index (κ3) is 2.58. The van der Waals surface area contributed by atoms with Gasteiger partial charge >= 0.3 is 6.18 Å². The quantitative estimate of drug-likeness (QED) is 0.795. The Hall–Kier alpha value is -1.71. The minimum Gasteiger partial charge on any atom is -0.508 e. The van der Waals surface area contributed by atoms with Crippen molar-refractivity contribution >= 4 is 0 Å². The summed E-state index contributed by atoms with van der Waals surface area (Å²) in [6.07, 6.45) is -0.0419. The molecule has 0 spiro atoms. The minimum atomic E-state index is -4.27. The number of alkyl halides is 3. The van der Waals surface area contributed by atoms with Crippen LogP contribution in [0.2, 0.25) is 0 Å². The van der Waals surface area contributed by atoms with Gasteiger partial charge in [0.25, 0.3) is 0 Å². The van der Waals surface area contributed by atoms with Crippen LogP contribution >= 0.6 is 0 Å². The van der Waals surface area contributed by atoms with E-state index >= 15 is 0 Å². The van der Waals surface area contributed by atoms with E-state index in [1.807, 2.05) is 0 Å². The average Bonchev–Trinajstić information content (AvgIpc) is 2.32. The summed E-state index contributed by atoms with van der Waals surface area (Å²) in [5.41, 5.74) is 1.06. The monoisotopic (exact) mass is 254 g/mol. The molecule has 0 aliphatic heterocycles. The molecule has 1 aliphatic carbocycles. The van der Waals surface area contributed by atoms with Crippen LogP contribution in [0.4, 0.5) is 13.2 Å². The van der Waals surface area contributed by atoms with E-state index in [0.717, 1.165) is 17.2 Å². The zero-order chi connectivity index (χ0) is 13.3. The lowest BCUT2D eigenvalue weighted by molar-refractivity contribution is -0.0886. The van der Waals surface area contributed by atoms with Gasteiger partial charge < -0.3 is 5.11 Å². The maximum Gasteiger partial charge on any atom is 0.416 e. The van der Waals surface area contributed by atoms with Crippen molar-refractivity contribution < 1.29 is 18.3 Å². The van der Waals surface area contributed by atoms with E-state index in [-0.39, 0.29) is 11.7 Å². The highest BCUT2D eigenvalue weighted by molar-refractivity contribution is 5.40. The summed E-state index contributed by atoms with van der Waals surface area (Å²) < 4.78 is 37.3. The molecule has 0 aromatic heterocycles. The number of hydrogen-bond acceptors (Lipinski definition) is 1. The molecule has 0 saturated carbocycles. The van der Waals surface area contributed by atoms with Crippen LogP contribution in [0.1, 0.15) is 23.5 Å². The summed E-state index contributed by atoms with van der Waals surface area (Å²) in [7, 11) is 0. The lowest BCUT2D eigenvalue weighted by Crippen LogP contribution is -2.13. The highest BCUT2D eigenvalue weighted by Crippen LogP contribution is 2.35. The summed E-state index contributed by atoms with van der Waals surface area (Å²) in [6.45, 7) is 1.77. The molecule has 0 fully saturated rings. The van der Waals surface area contributed by atoms with Gasteiger partial charge in [-0.05, 0) is 30.5 Å².